The van der Waals surface area contributed by atoms with Gasteiger partial charge in [0.2, 0.25) is 10.0 Å². The van der Waals surface area contributed by atoms with Crippen LogP contribution in [0.4, 0.5) is 0 Å². The second kappa shape index (κ2) is 12.9. The Labute approximate surface area is 215 Å². The highest BCUT2D eigenvalue weighted by Gasteiger charge is 2.28. The molecule has 1 heterocycles. The first-order valence-electron chi connectivity index (χ1n) is 11.3. The van der Waals surface area contributed by atoms with E-state index in [0.717, 1.165) is 23.6 Å². The molecule has 0 unspecified atom stereocenters. The van der Waals surface area contributed by atoms with Gasteiger partial charge in [0.05, 0.1) is 12.0 Å². The van der Waals surface area contributed by atoms with Crippen molar-refractivity contribution in [2.45, 2.75) is 11.4 Å². The number of ether oxygens (including phenoxy) is 2. The zero-order valence-electron chi connectivity index (χ0n) is 20.2. The summed E-state index contributed by atoms with van der Waals surface area (Å²) in [6.07, 6.45) is 0. The summed E-state index contributed by atoms with van der Waals surface area (Å²) in [5.74, 6) is -1.41. The molecule has 2 N–H and O–H groups in total. The van der Waals surface area contributed by atoms with Gasteiger partial charge in [0, 0.05) is 32.7 Å². The molecule has 196 valence electrons. The molecule has 0 radical (unpaired) electrons. The number of carboxylic acid groups (broad SMARTS) is 2. The molecule has 0 spiro atoms. The lowest BCUT2D eigenvalue weighted by Crippen LogP contribution is -2.48. The van der Waals surface area contributed by atoms with Crippen molar-refractivity contribution < 1.29 is 37.7 Å². The molecule has 11 heteroatoms. The predicted molar refractivity (Wildman–Crippen MR) is 135 cm³/mol. The van der Waals surface area contributed by atoms with E-state index < -0.39 is 22.0 Å². The number of piperazine rings is 1. The lowest BCUT2D eigenvalue weighted by molar-refractivity contribution is -0.159. The van der Waals surface area contributed by atoms with E-state index >= 15 is 0 Å². The van der Waals surface area contributed by atoms with E-state index in [1.165, 1.54) is 0 Å². The van der Waals surface area contributed by atoms with Crippen LogP contribution in [-0.4, -0.2) is 73.1 Å². The van der Waals surface area contributed by atoms with Gasteiger partial charge in [-0.05, 0) is 54.1 Å². The Morgan fingerprint density at radius 3 is 1.95 bits per heavy atom. The second-order valence-electron chi connectivity index (χ2n) is 8.03. The highest BCUT2D eigenvalue weighted by Crippen LogP contribution is 2.24. The molecular weight excluding hydrogens is 500 g/mol. The normalized spacial score (nSPS) is 14.2. The van der Waals surface area contributed by atoms with Crippen LogP contribution in [0.25, 0.3) is 0 Å². The summed E-state index contributed by atoms with van der Waals surface area (Å²) >= 11 is 0. The third-order valence-electron chi connectivity index (χ3n) is 5.49. The molecule has 37 heavy (non-hydrogen) atoms. The summed E-state index contributed by atoms with van der Waals surface area (Å²) < 4.78 is 38.4. The number of sulfonamides is 1. The summed E-state index contributed by atoms with van der Waals surface area (Å²) in [6, 6.07) is 24.3. The number of nitrogens with zero attached hydrogens (tertiary/aromatic N) is 2. The molecular formula is C26H28N2O8S. The van der Waals surface area contributed by atoms with E-state index in [-0.39, 0.29) is 0 Å². The van der Waals surface area contributed by atoms with Crippen LogP contribution in [0, 0.1) is 0 Å². The average Bonchev–Trinajstić information content (AvgIpc) is 2.90. The summed E-state index contributed by atoms with van der Waals surface area (Å²) in [4.78, 5) is 20.8. The lowest BCUT2D eigenvalue weighted by atomic mass is 10.2. The molecule has 1 aliphatic rings. The molecule has 0 amide bonds. The quantitative estimate of drug-likeness (QED) is 0.444. The van der Waals surface area contributed by atoms with Gasteiger partial charge in [0.25, 0.3) is 0 Å². The van der Waals surface area contributed by atoms with Crippen molar-refractivity contribution in [2.75, 3.05) is 33.3 Å². The minimum Gasteiger partial charge on any atom is -0.497 e. The fourth-order valence-electron chi connectivity index (χ4n) is 3.61. The standard InChI is InChI=1S/C24H26N2O4S.C2H2O4/c1-29-21-10-12-24(13-11-21)31(27,28)26-16-14-25(15-17-26)19-20-6-5-9-23(18-20)30-22-7-3-2-4-8-22;3-1(4)2(5)6/h2-13,18H,14-17,19H2,1H3;(H,3,4)(H,5,6). The summed E-state index contributed by atoms with van der Waals surface area (Å²) in [7, 11) is -1.93. The Bertz CT molecular complexity index is 1280. The number of carboxylic acids is 2. The molecule has 1 saturated heterocycles. The number of hydrogen-bond donors (Lipinski definition) is 2. The van der Waals surface area contributed by atoms with Crippen LogP contribution in [0.2, 0.25) is 0 Å². The fourth-order valence-corrected chi connectivity index (χ4v) is 5.04. The maximum Gasteiger partial charge on any atom is 0.414 e. The minimum atomic E-state index is -3.49. The van der Waals surface area contributed by atoms with Gasteiger partial charge in [-0.1, -0.05) is 30.3 Å². The van der Waals surface area contributed by atoms with Crippen molar-refractivity contribution in [2.24, 2.45) is 0 Å². The zero-order valence-corrected chi connectivity index (χ0v) is 21.0. The van der Waals surface area contributed by atoms with Crippen molar-refractivity contribution in [1.29, 1.82) is 0 Å². The van der Waals surface area contributed by atoms with Crippen molar-refractivity contribution in [3.8, 4) is 17.2 Å². The second-order valence-corrected chi connectivity index (χ2v) is 9.97. The Hall–Kier alpha value is -3.93. The van der Waals surface area contributed by atoms with Crippen LogP contribution in [0.3, 0.4) is 0 Å². The van der Waals surface area contributed by atoms with Crippen LogP contribution in [0.15, 0.2) is 83.8 Å². The largest absolute Gasteiger partial charge is 0.497 e. The first kappa shape index (κ1) is 27.7. The molecule has 0 aromatic heterocycles. The molecule has 0 atom stereocenters. The monoisotopic (exact) mass is 528 g/mol. The van der Waals surface area contributed by atoms with Crippen molar-refractivity contribution in [3.05, 3.63) is 84.4 Å². The number of aliphatic carboxylic acids is 2. The molecule has 0 aliphatic carbocycles. The highest BCUT2D eigenvalue weighted by molar-refractivity contribution is 7.89. The van der Waals surface area contributed by atoms with Gasteiger partial charge >= 0.3 is 11.9 Å². The number of carbonyl (C=O) groups is 2. The van der Waals surface area contributed by atoms with Crippen LogP contribution < -0.4 is 9.47 Å². The van der Waals surface area contributed by atoms with Gasteiger partial charge in [-0.2, -0.15) is 4.31 Å². The van der Waals surface area contributed by atoms with E-state index in [4.69, 9.17) is 29.3 Å². The van der Waals surface area contributed by atoms with Crippen LogP contribution in [0.1, 0.15) is 5.56 Å². The van der Waals surface area contributed by atoms with E-state index in [1.807, 2.05) is 48.5 Å². The molecule has 0 bridgehead atoms. The minimum absolute atomic E-state index is 0.299. The number of rotatable bonds is 7. The average molecular weight is 529 g/mol. The molecule has 10 nitrogen and oxygen atoms in total. The van der Waals surface area contributed by atoms with Gasteiger partial charge in [0.15, 0.2) is 0 Å². The summed E-state index contributed by atoms with van der Waals surface area (Å²) in [5, 5.41) is 14.8. The Balaban J connectivity index is 0.000000568. The number of benzene rings is 3. The number of methoxy groups -OCH3 is 1. The van der Waals surface area contributed by atoms with Crippen molar-refractivity contribution >= 4 is 22.0 Å². The number of hydrogen-bond acceptors (Lipinski definition) is 7. The maximum absolute atomic E-state index is 12.9. The van der Waals surface area contributed by atoms with Crippen LogP contribution >= 0.6 is 0 Å². The van der Waals surface area contributed by atoms with Crippen molar-refractivity contribution in [3.63, 3.8) is 0 Å². The zero-order chi connectivity index (χ0) is 26.8. The van der Waals surface area contributed by atoms with E-state index in [1.54, 1.807) is 35.7 Å². The number of para-hydroxylation sites is 1. The Morgan fingerprint density at radius 1 is 0.784 bits per heavy atom. The predicted octanol–water partition coefficient (Wildman–Crippen LogP) is 3.15. The summed E-state index contributed by atoms with van der Waals surface area (Å²) in [5.41, 5.74) is 1.14. The lowest BCUT2D eigenvalue weighted by Gasteiger charge is -2.34. The molecule has 1 aliphatic heterocycles. The van der Waals surface area contributed by atoms with E-state index in [2.05, 4.69) is 11.0 Å². The Morgan fingerprint density at radius 2 is 1.38 bits per heavy atom. The summed E-state index contributed by atoms with van der Waals surface area (Å²) in [6.45, 7) is 3.05. The van der Waals surface area contributed by atoms with Crippen LogP contribution in [0.5, 0.6) is 17.2 Å². The smallest absolute Gasteiger partial charge is 0.414 e. The van der Waals surface area contributed by atoms with Gasteiger partial charge in [-0.25, -0.2) is 18.0 Å². The topological polar surface area (TPSA) is 134 Å². The third kappa shape index (κ3) is 8.04. The molecule has 3 aromatic carbocycles. The third-order valence-corrected chi connectivity index (χ3v) is 7.41. The fraction of sp³-hybridized carbons (Fsp3) is 0.231. The van der Waals surface area contributed by atoms with E-state index in [9.17, 15) is 8.42 Å². The van der Waals surface area contributed by atoms with Crippen molar-refractivity contribution in [1.82, 2.24) is 9.21 Å². The maximum atomic E-state index is 12.9. The van der Waals surface area contributed by atoms with Crippen LogP contribution in [-0.2, 0) is 26.2 Å². The molecule has 3 aromatic rings. The Kier molecular flexibility index (Phi) is 9.61. The molecule has 1 fully saturated rings. The SMILES string of the molecule is COc1ccc(S(=O)(=O)N2CCN(Cc3cccc(Oc4ccccc4)c3)CC2)cc1.O=C(O)C(=O)O. The highest BCUT2D eigenvalue weighted by atomic mass is 32.2. The first-order chi connectivity index (χ1) is 17.7. The van der Waals surface area contributed by atoms with Gasteiger partial charge in [-0.15, -0.1) is 0 Å². The molecule has 0 saturated carbocycles. The molecule has 4 rings (SSSR count). The van der Waals surface area contributed by atoms with Gasteiger partial charge in [0.1, 0.15) is 17.2 Å². The van der Waals surface area contributed by atoms with E-state index in [0.29, 0.717) is 36.8 Å². The van der Waals surface area contributed by atoms with Gasteiger partial charge in [-0.3, -0.25) is 4.90 Å². The first-order valence-corrected chi connectivity index (χ1v) is 12.8. The van der Waals surface area contributed by atoms with Gasteiger partial charge < -0.3 is 19.7 Å².